The maximum atomic E-state index is 3.40. The molecule has 1 N–H and O–H groups in total. The Morgan fingerprint density at radius 2 is 1.67 bits per heavy atom. The van der Waals surface area contributed by atoms with Crippen LogP contribution in [0.4, 0.5) is 0 Å². The summed E-state index contributed by atoms with van der Waals surface area (Å²) in [7, 11) is 2.21. The van der Waals surface area contributed by atoms with Gasteiger partial charge >= 0.3 is 0 Å². The van der Waals surface area contributed by atoms with E-state index in [1.54, 1.807) is 0 Å². The second-order valence-electron chi connectivity index (χ2n) is 4.43. The molecule has 3 heteroatoms. The molecule has 1 aliphatic heterocycles. The molecule has 102 valence electrons. The summed E-state index contributed by atoms with van der Waals surface area (Å²) in [5, 5.41) is 3.40. The molecule has 0 bridgehead atoms. The topological polar surface area (TPSA) is 15.3 Å². The van der Waals surface area contributed by atoms with Crippen LogP contribution in [0.2, 0.25) is 0 Å². The van der Waals surface area contributed by atoms with Gasteiger partial charge in [-0.2, -0.15) is 0 Å². The van der Waals surface area contributed by atoms with E-state index in [4.69, 9.17) is 0 Å². The van der Waals surface area contributed by atoms with E-state index in [-0.39, 0.29) is 0 Å². The molecule has 0 aromatic heterocycles. The highest BCUT2D eigenvalue weighted by Gasteiger charge is 2.18. The lowest BCUT2D eigenvalue weighted by Gasteiger charge is -2.30. The molecule has 0 spiro atoms. The Hall–Kier alpha value is -0.510. The third-order valence-corrected chi connectivity index (χ3v) is 4.16. The monoisotopic (exact) mass is 266 g/mol. The Kier molecular flexibility index (Phi) is 7.40. The lowest BCUT2D eigenvalue weighted by atomic mass is 10.1. The quantitative estimate of drug-likeness (QED) is 0.840. The molecule has 0 atom stereocenters. The highest BCUT2D eigenvalue weighted by molar-refractivity contribution is 7.97. The number of hydrogen-bond donors (Lipinski definition) is 1. The van der Waals surface area contributed by atoms with Crippen LogP contribution in [-0.2, 0) is 0 Å². The molecule has 0 unspecified atom stereocenters. The van der Waals surface area contributed by atoms with E-state index in [2.05, 4.69) is 47.9 Å². The molecule has 2 rings (SSSR count). The SMILES string of the molecule is CC.Cc1ccc(SN(C)C2CCNCC2)cc1. The van der Waals surface area contributed by atoms with Gasteiger partial charge in [0.1, 0.15) is 0 Å². The first-order valence-electron chi connectivity index (χ1n) is 6.94. The average Bonchev–Trinajstić information content (AvgIpc) is 2.44. The second kappa shape index (κ2) is 8.57. The molecule has 2 nitrogen and oxygen atoms in total. The molecular formula is C15H26N2S. The van der Waals surface area contributed by atoms with E-state index in [9.17, 15) is 0 Å². The van der Waals surface area contributed by atoms with Gasteiger partial charge in [0.2, 0.25) is 0 Å². The van der Waals surface area contributed by atoms with Gasteiger partial charge in [-0.3, -0.25) is 0 Å². The Labute approximate surface area is 116 Å². The third-order valence-electron chi connectivity index (χ3n) is 3.09. The van der Waals surface area contributed by atoms with Crippen molar-refractivity contribution in [2.45, 2.75) is 44.6 Å². The van der Waals surface area contributed by atoms with Crippen LogP contribution in [0.5, 0.6) is 0 Å². The van der Waals surface area contributed by atoms with Crippen LogP contribution < -0.4 is 5.32 Å². The summed E-state index contributed by atoms with van der Waals surface area (Å²) in [5.41, 5.74) is 1.33. The lowest BCUT2D eigenvalue weighted by Crippen LogP contribution is -2.38. The van der Waals surface area contributed by atoms with Crippen LogP contribution in [0, 0.1) is 6.92 Å². The number of nitrogens with one attached hydrogen (secondary N) is 1. The normalized spacial score (nSPS) is 16.3. The summed E-state index contributed by atoms with van der Waals surface area (Å²) >= 11 is 1.86. The Bertz CT molecular complexity index is 318. The summed E-state index contributed by atoms with van der Waals surface area (Å²) in [4.78, 5) is 1.34. The first-order chi connectivity index (χ1) is 8.75. The van der Waals surface area contributed by atoms with E-state index < -0.39 is 0 Å². The molecule has 18 heavy (non-hydrogen) atoms. The van der Waals surface area contributed by atoms with Crippen molar-refractivity contribution < 1.29 is 0 Å². The highest BCUT2D eigenvalue weighted by Crippen LogP contribution is 2.26. The van der Waals surface area contributed by atoms with E-state index in [0.29, 0.717) is 6.04 Å². The van der Waals surface area contributed by atoms with Crippen molar-refractivity contribution >= 4 is 11.9 Å². The van der Waals surface area contributed by atoms with Crippen LogP contribution in [0.25, 0.3) is 0 Å². The fourth-order valence-electron chi connectivity index (χ4n) is 2.01. The molecule has 1 saturated heterocycles. The zero-order chi connectivity index (χ0) is 13.4. The zero-order valence-electron chi connectivity index (χ0n) is 12.1. The van der Waals surface area contributed by atoms with Crippen molar-refractivity contribution in [2.24, 2.45) is 0 Å². The smallest absolute Gasteiger partial charge is 0.0230 e. The summed E-state index contributed by atoms with van der Waals surface area (Å²) in [6.07, 6.45) is 2.52. The molecule has 0 amide bonds. The van der Waals surface area contributed by atoms with Crippen LogP contribution in [0.1, 0.15) is 32.3 Å². The molecule has 0 aliphatic carbocycles. The van der Waals surface area contributed by atoms with Crippen molar-refractivity contribution in [1.82, 2.24) is 9.62 Å². The van der Waals surface area contributed by atoms with Crippen molar-refractivity contribution in [3.8, 4) is 0 Å². The number of benzene rings is 1. The van der Waals surface area contributed by atoms with Crippen molar-refractivity contribution in [3.63, 3.8) is 0 Å². The van der Waals surface area contributed by atoms with Crippen molar-refractivity contribution in [1.29, 1.82) is 0 Å². The molecule has 1 aromatic rings. The molecule has 0 radical (unpaired) electrons. The molecule has 1 aliphatic rings. The Morgan fingerprint density at radius 1 is 1.11 bits per heavy atom. The zero-order valence-corrected chi connectivity index (χ0v) is 12.9. The lowest BCUT2D eigenvalue weighted by molar-refractivity contribution is 0.317. The second-order valence-corrected chi connectivity index (χ2v) is 5.66. The number of nitrogens with zero attached hydrogens (tertiary/aromatic N) is 1. The molecular weight excluding hydrogens is 240 g/mol. The maximum absolute atomic E-state index is 3.40. The number of hydrogen-bond acceptors (Lipinski definition) is 3. The standard InChI is InChI=1S/C13H20N2S.C2H6/c1-11-3-5-13(6-4-11)16-15(2)12-7-9-14-10-8-12;1-2/h3-6,12,14H,7-10H2,1-2H3;1-2H3. The summed E-state index contributed by atoms with van der Waals surface area (Å²) < 4.78 is 2.41. The van der Waals surface area contributed by atoms with Crippen molar-refractivity contribution in [3.05, 3.63) is 29.8 Å². The predicted molar refractivity (Wildman–Crippen MR) is 82.0 cm³/mol. The number of aryl methyl sites for hydroxylation is 1. The van der Waals surface area contributed by atoms with Crippen LogP contribution in [0.3, 0.4) is 0 Å². The Balaban J connectivity index is 0.000000771. The molecule has 1 heterocycles. The van der Waals surface area contributed by atoms with Gasteiger partial charge in [0, 0.05) is 10.9 Å². The summed E-state index contributed by atoms with van der Waals surface area (Å²) in [5.74, 6) is 0. The highest BCUT2D eigenvalue weighted by atomic mass is 32.2. The van der Waals surface area contributed by atoms with E-state index in [1.165, 1.54) is 23.3 Å². The minimum atomic E-state index is 0.715. The molecule has 1 fully saturated rings. The predicted octanol–water partition coefficient (Wildman–Crippen LogP) is 3.71. The first kappa shape index (κ1) is 15.5. The third kappa shape index (κ3) is 5.01. The Morgan fingerprint density at radius 3 is 2.22 bits per heavy atom. The average molecular weight is 266 g/mol. The number of rotatable bonds is 3. The van der Waals surface area contributed by atoms with Gasteiger partial charge < -0.3 is 5.32 Å². The maximum Gasteiger partial charge on any atom is 0.0230 e. The largest absolute Gasteiger partial charge is 0.317 e. The molecule has 0 saturated carbocycles. The number of piperidine rings is 1. The van der Waals surface area contributed by atoms with Gasteiger partial charge in [0.05, 0.1) is 0 Å². The van der Waals surface area contributed by atoms with Crippen LogP contribution in [0.15, 0.2) is 29.2 Å². The van der Waals surface area contributed by atoms with E-state index in [0.717, 1.165) is 13.1 Å². The first-order valence-corrected chi connectivity index (χ1v) is 7.71. The van der Waals surface area contributed by atoms with Gasteiger partial charge in [0.25, 0.3) is 0 Å². The van der Waals surface area contributed by atoms with Gasteiger partial charge in [-0.25, -0.2) is 4.31 Å². The van der Waals surface area contributed by atoms with Crippen LogP contribution >= 0.6 is 11.9 Å². The van der Waals surface area contributed by atoms with Gasteiger partial charge in [0.15, 0.2) is 0 Å². The molecule has 1 aromatic carbocycles. The fourth-order valence-corrected chi connectivity index (χ4v) is 2.96. The summed E-state index contributed by atoms with van der Waals surface area (Å²) in [6, 6.07) is 9.49. The van der Waals surface area contributed by atoms with Crippen molar-refractivity contribution in [2.75, 3.05) is 20.1 Å². The van der Waals surface area contributed by atoms with E-state index in [1.807, 2.05) is 25.8 Å². The minimum Gasteiger partial charge on any atom is -0.317 e. The fraction of sp³-hybridized carbons (Fsp3) is 0.600. The van der Waals surface area contributed by atoms with Gasteiger partial charge in [-0.15, -0.1) is 0 Å². The van der Waals surface area contributed by atoms with Gasteiger partial charge in [-0.05, 0) is 64.0 Å². The van der Waals surface area contributed by atoms with Crippen LogP contribution in [-0.4, -0.2) is 30.5 Å². The summed E-state index contributed by atoms with van der Waals surface area (Å²) in [6.45, 7) is 8.44. The minimum absolute atomic E-state index is 0.715. The van der Waals surface area contributed by atoms with E-state index >= 15 is 0 Å². The van der Waals surface area contributed by atoms with Gasteiger partial charge in [-0.1, -0.05) is 31.5 Å².